The van der Waals surface area contributed by atoms with Crippen molar-refractivity contribution in [2.45, 2.75) is 25.6 Å². The zero-order valence-electron chi connectivity index (χ0n) is 10.1. The first-order valence-corrected chi connectivity index (χ1v) is 7.16. The first-order chi connectivity index (χ1) is 8.81. The van der Waals surface area contributed by atoms with E-state index in [4.69, 9.17) is 9.47 Å². The minimum atomic E-state index is 0.0358. The zero-order chi connectivity index (χ0) is 12.8. The fraction of sp³-hybridized carbons (Fsp3) is 0.538. The number of carbonyl (C=O) groups excluding carboxylic acids is 1. The maximum Gasteiger partial charge on any atom is 0.175 e. The Bertz CT molecular complexity index is 405. The molecule has 0 saturated carbocycles. The van der Waals surface area contributed by atoms with Crippen LogP contribution in [-0.4, -0.2) is 35.4 Å². The van der Waals surface area contributed by atoms with Crippen LogP contribution in [0.2, 0.25) is 0 Å². The highest BCUT2D eigenvalue weighted by atomic mass is 79.9. The molecule has 0 radical (unpaired) electrons. The number of ether oxygens (including phenoxy) is 2. The van der Waals surface area contributed by atoms with E-state index in [-0.39, 0.29) is 11.9 Å². The van der Waals surface area contributed by atoms with Crippen molar-refractivity contribution in [3.63, 3.8) is 0 Å². The molecule has 0 N–H and O–H groups in total. The molecule has 0 bridgehead atoms. The number of ketones is 1. The third kappa shape index (κ3) is 3.60. The highest BCUT2D eigenvalue weighted by Crippen LogP contribution is 2.15. The molecule has 0 aliphatic carbocycles. The van der Waals surface area contributed by atoms with Crippen LogP contribution in [0.1, 0.15) is 28.9 Å². The molecule has 2 heterocycles. The van der Waals surface area contributed by atoms with E-state index in [0.29, 0.717) is 23.2 Å². The molecular formula is C13H16BrNO3. The van der Waals surface area contributed by atoms with Crippen molar-refractivity contribution in [3.05, 3.63) is 29.6 Å². The molecule has 5 heteroatoms. The van der Waals surface area contributed by atoms with Crippen LogP contribution in [0.5, 0.6) is 0 Å². The first-order valence-electron chi connectivity index (χ1n) is 6.03. The van der Waals surface area contributed by atoms with Gasteiger partial charge in [-0.2, -0.15) is 0 Å². The summed E-state index contributed by atoms with van der Waals surface area (Å²) in [6.45, 7) is 1.89. The Morgan fingerprint density at radius 3 is 3.00 bits per heavy atom. The van der Waals surface area contributed by atoms with Crippen molar-refractivity contribution in [2.75, 3.05) is 18.5 Å². The number of aromatic nitrogens is 1. The lowest BCUT2D eigenvalue weighted by molar-refractivity contribution is -0.0400. The number of hydrogen-bond acceptors (Lipinski definition) is 4. The summed E-state index contributed by atoms with van der Waals surface area (Å²) in [5.41, 5.74) is 1.36. The molecule has 4 nitrogen and oxygen atoms in total. The summed E-state index contributed by atoms with van der Waals surface area (Å²) in [6, 6.07) is 3.56. The van der Waals surface area contributed by atoms with Crippen LogP contribution >= 0.6 is 15.9 Å². The molecular weight excluding hydrogens is 298 g/mol. The van der Waals surface area contributed by atoms with E-state index in [1.807, 2.05) is 0 Å². The second kappa shape index (κ2) is 6.97. The molecule has 0 atom stereocenters. The Labute approximate surface area is 115 Å². The summed E-state index contributed by atoms with van der Waals surface area (Å²) in [6.07, 6.45) is 3.73. The number of carbonyl (C=O) groups is 1. The van der Waals surface area contributed by atoms with E-state index in [2.05, 4.69) is 20.9 Å². The highest BCUT2D eigenvalue weighted by molar-refractivity contribution is 9.09. The number of nitrogens with zero attached hydrogens (tertiary/aromatic N) is 1. The standard InChI is InChI=1S/C13H16BrNO3/c14-8-13(16)11-2-1-5-15-12(11)9-18-10-3-6-17-7-4-10/h1-2,5,10H,3-4,6-9H2. The molecule has 0 aromatic carbocycles. The normalized spacial score (nSPS) is 16.7. The lowest BCUT2D eigenvalue weighted by Gasteiger charge is -2.22. The van der Waals surface area contributed by atoms with E-state index < -0.39 is 0 Å². The number of pyridine rings is 1. The maximum atomic E-state index is 11.7. The summed E-state index contributed by atoms with van der Waals surface area (Å²) in [5.74, 6) is 0.0358. The topological polar surface area (TPSA) is 48.4 Å². The Kier molecular flexibility index (Phi) is 5.28. The fourth-order valence-electron chi connectivity index (χ4n) is 1.92. The van der Waals surface area contributed by atoms with Gasteiger partial charge in [-0.05, 0) is 25.0 Å². The number of Topliss-reactive ketones (excluding diaryl/α,β-unsaturated/α-hetero) is 1. The van der Waals surface area contributed by atoms with Gasteiger partial charge in [-0.15, -0.1) is 0 Å². The van der Waals surface area contributed by atoms with Gasteiger partial charge in [0.1, 0.15) is 0 Å². The van der Waals surface area contributed by atoms with Gasteiger partial charge >= 0.3 is 0 Å². The molecule has 18 heavy (non-hydrogen) atoms. The van der Waals surface area contributed by atoms with Gasteiger partial charge in [0.25, 0.3) is 0 Å². The minimum absolute atomic E-state index is 0.0358. The zero-order valence-corrected chi connectivity index (χ0v) is 11.7. The van der Waals surface area contributed by atoms with Crippen LogP contribution < -0.4 is 0 Å². The van der Waals surface area contributed by atoms with Gasteiger partial charge in [-0.1, -0.05) is 15.9 Å². The van der Waals surface area contributed by atoms with Gasteiger partial charge in [0.05, 0.1) is 23.7 Å². The lowest BCUT2D eigenvalue weighted by atomic mass is 10.1. The van der Waals surface area contributed by atoms with Gasteiger partial charge in [0.15, 0.2) is 5.78 Å². The molecule has 1 aromatic heterocycles. The van der Waals surface area contributed by atoms with Gasteiger partial charge in [-0.3, -0.25) is 9.78 Å². The maximum absolute atomic E-state index is 11.7. The largest absolute Gasteiger partial charge is 0.381 e. The highest BCUT2D eigenvalue weighted by Gasteiger charge is 2.16. The number of rotatable bonds is 5. The van der Waals surface area contributed by atoms with E-state index in [0.717, 1.165) is 26.1 Å². The van der Waals surface area contributed by atoms with Crippen molar-refractivity contribution in [1.29, 1.82) is 0 Å². The Balaban J connectivity index is 1.97. The van der Waals surface area contributed by atoms with Crippen LogP contribution in [0.25, 0.3) is 0 Å². The van der Waals surface area contributed by atoms with Crippen molar-refractivity contribution < 1.29 is 14.3 Å². The van der Waals surface area contributed by atoms with E-state index in [1.165, 1.54) is 0 Å². The monoisotopic (exact) mass is 313 g/mol. The number of alkyl halides is 1. The van der Waals surface area contributed by atoms with E-state index in [1.54, 1.807) is 18.3 Å². The molecule has 1 fully saturated rings. The Morgan fingerprint density at radius 2 is 2.28 bits per heavy atom. The van der Waals surface area contributed by atoms with Crippen LogP contribution in [0, 0.1) is 0 Å². The van der Waals surface area contributed by atoms with Crippen LogP contribution in [0.15, 0.2) is 18.3 Å². The molecule has 0 amide bonds. The quantitative estimate of drug-likeness (QED) is 0.618. The second-order valence-electron chi connectivity index (χ2n) is 4.18. The van der Waals surface area contributed by atoms with E-state index >= 15 is 0 Å². The van der Waals surface area contributed by atoms with E-state index in [9.17, 15) is 4.79 Å². The van der Waals surface area contributed by atoms with Crippen LogP contribution in [0.4, 0.5) is 0 Å². The molecule has 2 rings (SSSR count). The minimum Gasteiger partial charge on any atom is -0.381 e. The predicted octanol–water partition coefficient (Wildman–Crippen LogP) is 2.35. The smallest absolute Gasteiger partial charge is 0.175 e. The Morgan fingerprint density at radius 1 is 1.50 bits per heavy atom. The SMILES string of the molecule is O=C(CBr)c1cccnc1COC1CCOCC1. The third-order valence-corrected chi connectivity index (χ3v) is 3.45. The Hall–Kier alpha value is -0.780. The van der Waals surface area contributed by atoms with Crippen molar-refractivity contribution >= 4 is 21.7 Å². The molecule has 98 valence electrons. The number of hydrogen-bond donors (Lipinski definition) is 0. The molecule has 1 aliphatic heterocycles. The number of halogens is 1. The summed E-state index contributed by atoms with van der Waals surface area (Å²) in [5, 5.41) is 0.308. The average Bonchev–Trinajstić information content (AvgIpc) is 2.45. The van der Waals surface area contributed by atoms with Crippen LogP contribution in [0.3, 0.4) is 0 Å². The molecule has 1 aliphatic rings. The van der Waals surface area contributed by atoms with Crippen molar-refractivity contribution in [2.24, 2.45) is 0 Å². The molecule has 0 spiro atoms. The average molecular weight is 314 g/mol. The molecule has 1 saturated heterocycles. The van der Waals surface area contributed by atoms with Gasteiger partial charge in [0.2, 0.25) is 0 Å². The second-order valence-corrected chi connectivity index (χ2v) is 4.74. The summed E-state index contributed by atoms with van der Waals surface area (Å²) in [7, 11) is 0. The van der Waals surface area contributed by atoms with Crippen molar-refractivity contribution in [3.8, 4) is 0 Å². The fourth-order valence-corrected chi connectivity index (χ4v) is 2.22. The van der Waals surface area contributed by atoms with Crippen LogP contribution in [-0.2, 0) is 16.1 Å². The first kappa shape index (κ1) is 13.6. The molecule has 0 unspecified atom stereocenters. The van der Waals surface area contributed by atoms with Crippen molar-refractivity contribution in [1.82, 2.24) is 4.98 Å². The van der Waals surface area contributed by atoms with Gasteiger partial charge in [0, 0.05) is 25.0 Å². The van der Waals surface area contributed by atoms with Gasteiger partial charge < -0.3 is 9.47 Å². The van der Waals surface area contributed by atoms with Gasteiger partial charge in [-0.25, -0.2) is 0 Å². The third-order valence-electron chi connectivity index (χ3n) is 2.94. The summed E-state index contributed by atoms with van der Waals surface area (Å²) < 4.78 is 11.1. The molecule has 1 aromatic rings. The lowest BCUT2D eigenvalue weighted by Crippen LogP contribution is -2.23. The predicted molar refractivity (Wildman–Crippen MR) is 71.0 cm³/mol. The summed E-state index contributed by atoms with van der Waals surface area (Å²) in [4.78, 5) is 16.0. The summed E-state index contributed by atoms with van der Waals surface area (Å²) >= 11 is 3.18.